The van der Waals surface area contributed by atoms with Crippen molar-refractivity contribution in [1.82, 2.24) is 0 Å². The van der Waals surface area contributed by atoms with E-state index in [1.807, 2.05) is 0 Å². The van der Waals surface area contributed by atoms with Crippen molar-refractivity contribution in [3.05, 3.63) is 34.9 Å². The Hall–Kier alpha value is -0.820. The Kier molecular flexibility index (Phi) is 3.33. The fraction of sp³-hybridized carbons (Fsp3) is 0.538. The smallest absolute Gasteiger partial charge is 0.0471 e. The fourth-order valence-electron chi connectivity index (χ4n) is 1.56. The van der Waals surface area contributed by atoms with Crippen LogP contribution in [0.1, 0.15) is 37.5 Å². The molecular weight excluding hydrogens is 172 g/mol. The van der Waals surface area contributed by atoms with Crippen molar-refractivity contribution < 1.29 is 5.11 Å². The quantitative estimate of drug-likeness (QED) is 0.764. The average Bonchev–Trinajstić information content (AvgIpc) is 2.07. The summed E-state index contributed by atoms with van der Waals surface area (Å²) < 4.78 is 0. The lowest BCUT2D eigenvalue weighted by Gasteiger charge is -2.20. The molecule has 1 nitrogen and oxygen atoms in total. The lowest BCUT2D eigenvalue weighted by atomic mass is 9.85. The monoisotopic (exact) mass is 192 g/mol. The first-order valence-corrected chi connectivity index (χ1v) is 5.16. The second-order valence-corrected chi connectivity index (χ2v) is 4.86. The van der Waals surface area contributed by atoms with Gasteiger partial charge in [-0.1, -0.05) is 39.0 Å². The van der Waals surface area contributed by atoms with Gasteiger partial charge in [-0.15, -0.1) is 0 Å². The van der Waals surface area contributed by atoms with Crippen LogP contribution < -0.4 is 0 Å². The van der Waals surface area contributed by atoms with E-state index in [0.717, 1.165) is 6.42 Å². The van der Waals surface area contributed by atoms with Gasteiger partial charge in [0.2, 0.25) is 0 Å². The van der Waals surface area contributed by atoms with Crippen molar-refractivity contribution in [2.24, 2.45) is 0 Å². The Balaban J connectivity index is 3.01. The number of benzene rings is 1. The normalized spacial score (nSPS) is 11.8. The maximum absolute atomic E-state index is 8.87. The zero-order chi connectivity index (χ0) is 10.8. The molecule has 1 aromatic rings. The van der Waals surface area contributed by atoms with Crippen molar-refractivity contribution in [2.75, 3.05) is 6.61 Å². The highest BCUT2D eigenvalue weighted by Gasteiger charge is 2.13. The third kappa shape index (κ3) is 2.58. The van der Waals surface area contributed by atoms with Crippen LogP contribution in [0.15, 0.2) is 18.2 Å². The van der Waals surface area contributed by atoms with Crippen molar-refractivity contribution in [3.8, 4) is 0 Å². The molecule has 1 rings (SSSR count). The number of aryl methyl sites for hydroxylation is 1. The van der Waals surface area contributed by atoms with Crippen molar-refractivity contribution >= 4 is 0 Å². The van der Waals surface area contributed by atoms with Gasteiger partial charge in [0.15, 0.2) is 0 Å². The molecule has 0 fully saturated rings. The summed E-state index contributed by atoms with van der Waals surface area (Å²) in [5.41, 5.74) is 4.10. The second kappa shape index (κ2) is 4.14. The van der Waals surface area contributed by atoms with E-state index in [-0.39, 0.29) is 12.0 Å². The van der Waals surface area contributed by atoms with Crippen LogP contribution in [0.2, 0.25) is 0 Å². The van der Waals surface area contributed by atoms with Gasteiger partial charge in [-0.2, -0.15) is 0 Å². The molecule has 0 aromatic heterocycles. The number of hydrogen-bond acceptors (Lipinski definition) is 1. The lowest BCUT2D eigenvalue weighted by molar-refractivity contribution is 0.299. The van der Waals surface area contributed by atoms with Crippen LogP contribution in [0.3, 0.4) is 0 Å². The van der Waals surface area contributed by atoms with Gasteiger partial charge in [0.05, 0.1) is 0 Å². The standard InChI is InChI=1S/C13H20O/c1-10-9-12(13(2,3)4)6-5-11(10)7-8-14/h5-6,9,14H,7-8H2,1-4H3. The summed E-state index contributed by atoms with van der Waals surface area (Å²) in [5.74, 6) is 0. The minimum absolute atomic E-state index is 0.211. The van der Waals surface area contributed by atoms with E-state index in [9.17, 15) is 0 Å². The van der Waals surface area contributed by atoms with Gasteiger partial charge >= 0.3 is 0 Å². The van der Waals surface area contributed by atoms with Gasteiger partial charge in [-0.05, 0) is 35.4 Å². The minimum atomic E-state index is 0.211. The van der Waals surface area contributed by atoms with Gasteiger partial charge in [-0.3, -0.25) is 0 Å². The van der Waals surface area contributed by atoms with Crippen LogP contribution in [0.25, 0.3) is 0 Å². The van der Waals surface area contributed by atoms with Gasteiger partial charge in [-0.25, -0.2) is 0 Å². The Bertz CT molecular complexity index is 308. The van der Waals surface area contributed by atoms with E-state index in [1.165, 1.54) is 16.7 Å². The molecule has 0 unspecified atom stereocenters. The highest BCUT2D eigenvalue weighted by Crippen LogP contribution is 2.24. The van der Waals surface area contributed by atoms with Gasteiger partial charge in [0.1, 0.15) is 0 Å². The molecule has 78 valence electrons. The van der Waals surface area contributed by atoms with E-state index in [4.69, 9.17) is 5.11 Å². The highest BCUT2D eigenvalue weighted by molar-refractivity contribution is 5.34. The van der Waals surface area contributed by atoms with Crippen LogP contribution in [-0.4, -0.2) is 11.7 Å². The minimum Gasteiger partial charge on any atom is -0.396 e. The van der Waals surface area contributed by atoms with Gasteiger partial charge < -0.3 is 5.11 Å². The zero-order valence-corrected chi connectivity index (χ0v) is 9.59. The first-order valence-electron chi connectivity index (χ1n) is 5.16. The third-order valence-corrected chi connectivity index (χ3v) is 2.59. The Labute approximate surface area is 86.8 Å². The van der Waals surface area contributed by atoms with Crippen molar-refractivity contribution in [3.63, 3.8) is 0 Å². The molecule has 0 aliphatic carbocycles. The summed E-state index contributed by atoms with van der Waals surface area (Å²) in [5, 5.41) is 8.87. The lowest BCUT2D eigenvalue weighted by Crippen LogP contribution is -2.11. The summed E-state index contributed by atoms with van der Waals surface area (Å²) in [6, 6.07) is 6.52. The molecule has 0 amide bonds. The molecule has 1 heteroatoms. The van der Waals surface area contributed by atoms with E-state index in [1.54, 1.807) is 0 Å². The first-order chi connectivity index (χ1) is 6.45. The Morgan fingerprint density at radius 3 is 2.29 bits per heavy atom. The molecule has 0 bridgehead atoms. The highest BCUT2D eigenvalue weighted by atomic mass is 16.2. The first kappa shape index (κ1) is 11.3. The molecule has 1 aromatic carbocycles. The number of aliphatic hydroxyl groups excluding tert-OH is 1. The number of aliphatic hydroxyl groups is 1. The van der Waals surface area contributed by atoms with E-state index < -0.39 is 0 Å². The largest absolute Gasteiger partial charge is 0.396 e. The van der Waals surface area contributed by atoms with Crippen LogP contribution in [0, 0.1) is 6.92 Å². The topological polar surface area (TPSA) is 20.2 Å². The van der Waals surface area contributed by atoms with Crippen molar-refractivity contribution in [2.45, 2.75) is 39.5 Å². The molecule has 0 saturated heterocycles. The summed E-state index contributed by atoms with van der Waals surface area (Å²) in [4.78, 5) is 0. The maximum Gasteiger partial charge on any atom is 0.0471 e. The summed E-state index contributed by atoms with van der Waals surface area (Å²) in [6.07, 6.45) is 0.760. The molecule has 0 aliphatic heterocycles. The van der Waals surface area contributed by atoms with Crippen LogP contribution in [-0.2, 0) is 11.8 Å². The van der Waals surface area contributed by atoms with E-state index in [0.29, 0.717) is 0 Å². The summed E-state index contributed by atoms with van der Waals surface area (Å²) in [6.45, 7) is 8.99. The molecule has 0 saturated carbocycles. The molecular formula is C13H20O. The number of hydrogen-bond donors (Lipinski definition) is 1. The molecule has 0 atom stereocenters. The second-order valence-electron chi connectivity index (χ2n) is 4.86. The molecule has 0 spiro atoms. The Morgan fingerprint density at radius 2 is 1.86 bits per heavy atom. The molecule has 0 aliphatic rings. The van der Waals surface area contributed by atoms with Crippen LogP contribution >= 0.6 is 0 Å². The SMILES string of the molecule is Cc1cc(C(C)(C)C)ccc1CCO. The van der Waals surface area contributed by atoms with Gasteiger partial charge in [0, 0.05) is 6.61 Å². The maximum atomic E-state index is 8.87. The van der Waals surface area contributed by atoms with Crippen LogP contribution in [0.4, 0.5) is 0 Å². The number of rotatable bonds is 2. The van der Waals surface area contributed by atoms with Gasteiger partial charge in [0.25, 0.3) is 0 Å². The predicted molar refractivity (Wildman–Crippen MR) is 60.7 cm³/mol. The average molecular weight is 192 g/mol. The molecule has 0 radical (unpaired) electrons. The molecule has 1 N–H and O–H groups in total. The predicted octanol–water partition coefficient (Wildman–Crippen LogP) is 2.83. The van der Waals surface area contributed by atoms with E-state index in [2.05, 4.69) is 45.9 Å². The fourth-order valence-corrected chi connectivity index (χ4v) is 1.56. The molecule has 0 heterocycles. The summed E-state index contributed by atoms with van der Waals surface area (Å²) >= 11 is 0. The Morgan fingerprint density at radius 1 is 1.21 bits per heavy atom. The van der Waals surface area contributed by atoms with Crippen LogP contribution in [0.5, 0.6) is 0 Å². The summed E-state index contributed by atoms with van der Waals surface area (Å²) in [7, 11) is 0. The zero-order valence-electron chi connectivity index (χ0n) is 9.59. The van der Waals surface area contributed by atoms with E-state index >= 15 is 0 Å². The molecule has 14 heavy (non-hydrogen) atoms. The van der Waals surface area contributed by atoms with Crippen molar-refractivity contribution in [1.29, 1.82) is 0 Å². The third-order valence-electron chi connectivity index (χ3n) is 2.59.